The van der Waals surface area contributed by atoms with Gasteiger partial charge in [0.25, 0.3) is 0 Å². The van der Waals surface area contributed by atoms with E-state index in [0.717, 1.165) is 19.6 Å². The molecule has 0 aromatic heterocycles. The maximum Gasteiger partial charge on any atom is 0.0162 e. The van der Waals surface area contributed by atoms with Crippen molar-refractivity contribution in [3.8, 4) is 0 Å². The fourth-order valence-electron chi connectivity index (χ4n) is 1.07. The molecule has 15 heavy (non-hydrogen) atoms. The normalized spacial score (nSPS) is 10.8. The van der Waals surface area contributed by atoms with Crippen LogP contribution in [0.1, 0.15) is 33.1 Å². The molecule has 0 aromatic carbocycles. The van der Waals surface area contributed by atoms with Crippen molar-refractivity contribution in [2.45, 2.75) is 33.1 Å². The molecule has 0 aliphatic rings. The summed E-state index contributed by atoms with van der Waals surface area (Å²) in [7, 11) is 3.97. The third-order valence-electron chi connectivity index (χ3n) is 1.94. The van der Waals surface area contributed by atoms with Crippen molar-refractivity contribution < 1.29 is 0 Å². The van der Waals surface area contributed by atoms with Gasteiger partial charge in [-0.05, 0) is 25.9 Å². The van der Waals surface area contributed by atoms with Crippen molar-refractivity contribution in [2.75, 3.05) is 37.7 Å². The van der Waals surface area contributed by atoms with Crippen LogP contribution in [0.3, 0.4) is 0 Å². The van der Waals surface area contributed by atoms with Crippen LogP contribution in [0.25, 0.3) is 0 Å². The Balaban J connectivity index is 2.81. The summed E-state index contributed by atoms with van der Waals surface area (Å²) >= 11 is 0. The summed E-state index contributed by atoms with van der Waals surface area (Å²) in [4.78, 5) is 0. The van der Waals surface area contributed by atoms with Gasteiger partial charge in [-0.3, -0.25) is 0 Å². The lowest BCUT2D eigenvalue weighted by Gasteiger charge is -2.04. The number of rotatable bonds is 12. The van der Waals surface area contributed by atoms with E-state index < -0.39 is 0 Å². The van der Waals surface area contributed by atoms with E-state index in [4.69, 9.17) is 0 Å². The maximum absolute atomic E-state index is 3.45. The van der Waals surface area contributed by atoms with Gasteiger partial charge < -0.3 is 10.6 Å². The summed E-state index contributed by atoms with van der Waals surface area (Å²) in [5.41, 5.74) is 0. The second-order valence-electron chi connectivity index (χ2n) is 3.50. The summed E-state index contributed by atoms with van der Waals surface area (Å²) in [6.07, 6.45) is 3.83. The molecule has 0 aromatic rings. The predicted molar refractivity (Wildman–Crippen MR) is 75.9 cm³/mol. The van der Waals surface area contributed by atoms with Gasteiger partial charge in [-0.25, -0.2) is 0 Å². The molecule has 0 saturated heterocycles. The van der Waals surface area contributed by atoms with Crippen LogP contribution in [0.4, 0.5) is 0 Å². The van der Waals surface area contributed by atoms with Crippen molar-refractivity contribution >= 4 is 21.6 Å². The van der Waals surface area contributed by atoms with E-state index in [2.05, 4.69) is 24.5 Å². The Bertz CT molecular complexity index is 101. The molecule has 0 radical (unpaired) electrons. The van der Waals surface area contributed by atoms with E-state index in [1.807, 2.05) is 21.6 Å². The second kappa shape index (κ2) is 14.6. The van der Waals surface area contributed by atoms with Crippen LogP contribution < -0.4 is 10.6 Å². The Morgan fingerprint density at radius 2 is 1.33 bits per heavy atom. The van der Waals surface area contributed by atoms with E-state index in [1.165, 1.54) is 37.3 Å². The summed E-state index contributed by atoms with van der Waals surface area (Å²) < 4.78 is 0. The van der Waals surface area contributed by atoms with Gasteiger partial charge in [-0.15, -0.1) is 0 Å². The highest BCUT2D eigenvalue weighted by molar-refractivity contribution is 8.76. The van der Waals surface area contributed by atoms with Crippen molar-refractivity contribution in [1.82, 2.24) is 10.6 Å². The third kappa shape index (κ3) is 14.6. The molecule has 2 nitrogen and oxygen atoms in total. The predicted octanol–water partition coefficient (Wildman–Crippen LogP) is 2.76. The second-order valence-corrected chi connectivity index (χ2v) is 6.20. The van der Waals surface area contributed by atoms with E-state index in [9.17, 15) is 0 Å². The Kier molecular flexibility index (Phi) is 15.2. The van der Waals surface area contributed by atoms with Gasteiger partial charge in [-0.2, -0.15) is 0 Å². The van der Waals surface area contributed by atoms with Gasteiger partial charge in [-0.1, -0.05) is 41.9 Å². The molecule has 0 atom stereocenters. The smallest absolute Gasteiger partial charge is 0.0162 e. The zero-order valence-electron chi connectivity index (χ0n) is 10.2. The topological polar surface area (TPSA) is 24.1 Å². The zero-order chi connectivity index (χ0) is 11.2. The van der Waals surface area contributed by atoms with Gasteiger partial charge in [0.15, 0.2) is 0 Å². The summed E-state index contributed by atoms with van der Waals surface area (Å²) in [5, 5.41) is 6.85. The van der Waals surface area contributed by atoms with Gasteiger partial charge in [0, 0.05) is 24.6 Å². The van der Waals surface area contributed by atoms with Crippen molar-refractivity contribution in [3.63, 3.8) is 0 Å². The molecule has 0 unspecified atom stereocenters. The average Bonchev–Trinajstić information content (AvgIpc) is 2.26. The molecule has 0 spiro atoms. The largest absolute Gasteiger partial charge is 0.316 e. The van der Waals surface area contributed by atoms with Crippen LogP contribution in [0.15, 0.2) is 0 Å². The lowest BCUT2D eigenvalue weighted by molar-refractivity contribution is 0.666. The molecule has 0 fully saturated rings. The molecule has 4 heteroatoms. The minimum atomic E-state index is 1.15. The van der Waals surface area contributed by atoms with Crippen LogP contribution in [0.2, 0.25) is 0 Å². The van der Waals surface area contributed by atoms with Crippen molar-refractivity contribution in [2.24, 2.45) is 0 Å². The fraction of sp³-hybridized carbons (Fsp3) is 1.00. The average molecular weight is 250 g/mol. The minimum Gasteiger partial charge on any atom is -0.316 e. The van der Waals surface area contributed by atoms with Gasteiger partial charge in [0.1, 0.15) is 0 Å². The Morgan fingerprint density at radius 1 is 0.733 bits per heavy atom. The molecule has 0 rings (SSSR count). The standard InChI is InChI=1S/C11H26N2S2/c1-3-5-7-13-9-11-15-14-10-8-12-6-4-2/h12-13H,3-11H2,1-2H3. The highest BCUT2D eigenvalue weighted by atomic mass is 33.1. The first kappa shape index (κ1) is 15.6. The van der Waals surface area contributed by atoms with Crippen LogP contribution in [0, 0.1) is 0 Å². The van der Waals surface area contributed by atoms with Gasteiger partial charge in [0.05, 0.1) is 0 Å². The molecular formula is C11H26N2S2. The SMILES string of the molecule is CCCCNCCSSCCNCCC. The van der Waals surface area contributed by atoms with Crippen LogP contribution in [0.5, 0.6) is 0 Å². The number of hydrogen-bond acceptors (Lipinski definition) is 4. The van der Waals surface area contributed by atoms with Crippen LogP contribution in [-0.2, 0) is 0 Å². The van der Waals surface area contributed by atoms with E-state index in [-0.39, 0.29) is 0 Å². The van der Waals surface area contributed by atoms with Crippen molar-refractivity contribution in [3.05, 3.63) is 0 Å². The summed E-state index contributed by atoms with van der Waals surface area (Å²) in [5.74, 6) is 2.45. The highest BCUT2D eigenvalue weighted by Gasteiger charge is 1.91. The molecule has 0 saturated carbocycles. The monoisotopic (exact) mass is 250 g/mol. The van der Waals surface area contributed by atoms with Gasteiger partial charge in [0.2, 0.25) is 0 Å². The van der Waals surface area contributed by atoms with E-state index in [0.29, 0.717) is 0 Å². The molecule has 0 heterocycles. The molecule has 0 aliphatic heterocycles. The third-order valence-corrected chi connectivity index (χ3v) is 4.35. The first-order valence-corrected chi connectivity index (χ1v) is 8.56. The highest BCUT2D eigenvalue weighted by Crippen LogP contribution is 2.19. The summed E-state index contributed by atoms with van der Waals surface area (Å²) in [6, 6.07) is 0. The Morgan fingerprint density at radius 3 is 1.87 bits per heavy atom. The molecular weight excluding hydrogens is 224 g/mol. The minimum absolute atomic E-state index is 1.15. The van der Waals surface area contributed by atoms with E-state index in [1.54, 1.807) is 0 Å². The lowest BCUT2D eigenvalue weighted by atomic mass is 10.3. The van der Waals surface area contributed by atoms with Gasteiger partial charge >= 0.3 is 0 Å². The molecule has 2 N–H and O–H groups in total. The molecule has 0 aliphatic carbocycles. The Hall–Kier alpha value is 0.620. The molecule has 0 bridgehead atoms. The first-order chi connectivity index (χ1) is 7.41. The number of unbranched alkanes of at least 4 members (excludes halogenated alkanes) is 1. The quantitative estimate of drug-likeness (QED) is 0.411. The summed E-state index contributed by atoms with van der Waals surface area (Å²) in [6.45, 7) is 9.07. The number of nitrogens with one attached hydrogen (secondary N) is 2. The fourth-order valence-corrected chi connectivity index (χ4v) is 2.97. The van der Waals surface area contributed by atoms with Crippen molar-refractivity contribution in [1.29, 1.82) is 0 Å². The molecule has 0 amide bonds. The first-order valence-electron chi connectivity index (χ1n) is 6.07. The van der Waals surface area contributed by atoms with E-state index >= 15 is 0 Å². The Labute approximate surface area is 103 Å². The lowest BCUT2D eigenvalue weighted by Crippen LogP contribution is -2.18. The molecule has 92 valence electrons. The van der Waals surface area contributed by atoms with Crippen LogP contribution in [-0.4, -0.2) is 37.7 Å². The number of hydrogen-bond donors (Lipinski definition) is 2. The zero-order valence-corrected chi connectivity index (χ0v) is 11.8. The maximum atomic E-state index is 3.45. The van der Waals surface area contributed by atoms with Crippen LogP contribution >= 0.6 is 21.6 Å².